The third kappa shape index (κ3) is 1.17. The zero-order valence-corrected chi connectivity index (χ0v) is 10.1. The van der Waals surface area contributed by atoms with Gasteiger partial charge in [0, 0.05) is 10.6 Å². The first kappa shape index (κ1) is 8.50. The van der Waals surface area contributed by atoms with Crippen LogP contribution in [0.2, 0.25) is 0 Å². The summed E-state index contributed by atoms with van der Waals surface area (Å²) in [4.78, 5) is 4.38. The van der Waals surface area contributed by atoms with Crippen LogP contribution < -0.4 is 0 Å². The van der Waals surface area contributed by atoms with Gasteiger partial charge in [0.2, 0.25) is 0 Å². The summed E-state index contributed by atoms with van der Waals surface area (Å²) < 4.78 is 4.09. The van der Waals surface area contributed by atoms with Gasteiger partial charge in [-0.05, 0) is 50.7 Å². The number of rotatable bonds is 0. The molecule has 0 amide bonds. The van der Waals surface area contributed by atoms with Crippen LogP contribution in [-0.2, 0) is 7.05 Å². The fraction of sp³-hybridized carbons (Fsp3) is 0.125. The van der Waals surface area contributed by atoms with Gasteiger partial charge >= 0.3 is 0 Å². The minimum absolute atomic E-state index is 0.876. The number of para-hydroxylation sites is 1. The van der Waals surface area contributed by atoms with Crippen molar-refractivity contribution < 1.29 is 0 Å². The summed E-state index contributed by atoms with van der Waals surface area (Å²) in [7, 11) is 2.00. The molecule has 2 nitrogen and oxygen atoms in total. The molecule has 0 bridgehead atoms. The zero-order valence-electron chi connectivity index (χ0n) is 6.38. The van der Waals surface area contributed by atoms with Crippen LogP contribution in [0.5, 0.6) is 0 Å². The maximum absolute atomic E-state index is 4.38. The molecule has 0 unspecified atom stereocenters. The highest BCUT2D eigenvalue weighted by atomic mass is 127. The number of aryl methyl sites for hydroxylation is 1. The molecule has 1 aromatic carbocycles. The minimum Gasteiger partial charge on any atom is -0.322 e. The van der Waals surface area contributed by atoms with Gasteiger partial charge in [-0.15, -0.1) is 0 Å². The lowest BCUT2D eigenvalue weighted by atomic mass is 10.3. The van der Waals surface area contributed by atoms with Crippen LogP contribution in [0.25, 0.3) is 11.0 Å². The highest BCUT2D eigenvalue weighted by Gasteiger charge is 2.06. The van der Waals surface area contributed by atoms with E-state index in [2.05, 4.69) is 55.6 Å². The van der Waals surface area contributed by atoms with Gasteiger partial charge in [0.25, 0.3) is 0 Å². The number of aromatic nitrogens is 2. The highest BCUT2D eigenvalue weighted by Crippen LogP contribution is 2.22. The summed E-state index contributed by atoms with van der Waals surface area (Å²) >= 11 is 5.68. The van der Waals surface area contributed by atoms with Crippen molar-refractivity contribution >= 4 is 49.6 Å². The molecule has 12 heavy (non-hydrogen) atoms. The van der Waals surface area contributed by atoms with Crippen molar-refractivity contribution in [3.05, 3.63) is 26.5 Å². The quantitative estimate of drug-likeness (QED) is 0.676. The van der Waals surface area contributed by atoms with Crippen LogP contribution in [0, 0.1) is 3.57 Å². The second-order valence-electron chi connectivity index (χ2n) is 2.55. The van der Waals surface area contributed by atoms with E-state index in [0.29, 0.717) is 0 Å². The lowest BCUT2D eigenvalue weighted by molar-refractivity contribution is 0.912. The third-order valence-electron chi connectivity index (χ3n) is 1.81. The number of fused-ring (bicyclic) bond motifs is 1. The van der Waals surface area contributed by atoms with E-state index < -0.39 is 0 Å². The molecule has 62 valence electrons. The molecule has 0 atom stereocenters. The smallest absolute Gasteiger partial charge is 0.177 e. The van der Waals surface area contributed by atoms with Crippen LogP contribution in [0.1, 0.15) is 0 Å². The number of halogens is 2. The van der Waals surface area contributed by atoms with Crippen molar-refractivity contribution in [2.75, 3.05) is 0 Å². The van der Waals surface area contributed by atoms with Gasteiger partial charge in [0.15, 0.2) is 4.73 Å². The van der Waals surface area contributed by atoms with Crippen LogP contribution in [0.3, 0.4) is 0 Å². The Morgan fingerprint density at radius 2 is 2.25 bits per heavy atom. The Morgan fingerprint density at radius 3 is 2.92 bits per heavy atom. The molecule has 2 aromatic rings. The Balaban J connectivity index is 2.95. The van der Waals surface area contributed by atoms with Crippen molar-refractivity contribution in [1.82, 2.24) is 9.55 Å². The summed E-state index contributed by atoms with van der Waals surface area (Å²) in [6, 6.07) is 6.16. The van der Waals surface area contributed by atoms with Crippen molar-refractivity contribution in [2.24, 2.45) is 7.05 Å². The fourth-order valence-electron chi connectivity index (χ4n) is 1.15. The maximum Gasteiger partial charge on any atom is 0.177 e. The SMILES string of the molecule is Cn1c(Br)nc2c(I)cccc21. The van der Waals surface area contributed by atoms with Crippen LogP contribution in [0.4, 0.5) is 0 Å². The number of benzene rings is 1. The molecule has 0 aliphatic heterocycles. The lowest BCUT2D eigenvalue weighted by Gasteiger charge is -1.94. The molecule has 0 saturated heterocycles. The van der Waals surface area contributed by atoms with Crippen LogP contribution >= 0.6 is 38.5 Å². The first-order valence-electron chi connectivity index (χ1n) is 3.46. The molecule has 0 aliphatic rings. The number of hydrogen-bond donors (Lipinski definition) is 0. The zero-order chi connectivity index (χ0) is 8.72. The molecular weight excluding hydrogens is 331 g/mol. The van der Waals surface area contributed by atoms with Crippen molar-refractivity contribution in [3.8, 4) is 0 Å². The minimum atomic E-state index is 0.876. The maximum atomic E-state index is 4.38. The van der Waals surface area contributed by atoms with E-state index in [1.807, 2.05) is 17.7 Å². The lowest BCUT2D eigenvalue weighted by Crippen LogP contribution is -1.86. The van der Waals surface area contributed by atoms with Gasteiger partial charge in [-0.25, -0.2) is 4.98 Å². The standard InChI is InChI=1S/C8H6BrIN2/c1-12-6-4-2-3-5(10)7(6)11-8(12)9/h2-4H,1H3. The van der Waals surface area contributed by atoms with Gasteiger partial charge in [-0.2, -0.15) is 0 Å². The Morgan fingerprint density at radius 1 is 1.50 bits per heavy atom. The molecule has 0 aliphatic carbocycles. The van der Waals surface area contributed by atoms with Crippen molar-refractivity contribution in [2.45, 2.75) is 0 Å². The fourth-order valence-corrected chi connectivity index (χ4v) is 2.12. The molecule has 0 saturated carbocycles. The molecule has 1 heterocycles. The van der Waals surface area contributed by atoms with Gasteiger partial charge in [-0.3, -0.25) is 0 Å². The average Bonchev–Trinajstić information content (AvgIpc) is 2.32. The summed E-state index contributed by atoms with van der Waals surface area (Å²) in [5.74, 6) is 0. The Bertz CT molecular complexity index is 436. The Hall–Kier alpha value is -0.100. The monoisotopic (exact) mass is 336 g/mol. The van der Waals surface area contributed by atoms with Crippen molar-refractivity contribution in [3.63, 3.8) is 0 Å². The summed E-state index contributed by atoms with van der Waals surface area (Å²) in [6.07, 6.45) is 0. The van der Waals surface area contributed by atoms with E-state index in [-0.39, 0.29) is 0 Å². The molecule has 4 heteroatoms. The number of imidazole rings is 1. The normalized spacial score (nSPS) is 10.9. The first-order chi connectivity index (χ1) is 5.70. The van der Waals surface area contributed by atoms with E-state index in [4.69, 9.17) is 0 Å². The second kappa shape index (κ2) is 2.99. The summed E-state index contributed by atoms with van der Waals surface area (Å²) in [5, 5.41) is 0. The number of hydrogen-bond acceptors (Lipinski definition) is 1. The van der Waals surface area contributed by atoms with Gasteiger partial charge in [0.05, 0.1) is 5.52 Å². The topological polar surface area (TPSA) is 17.8 Å². The van der Waals surface area contributed by atoms with E-state index in [9.17, 15) is 0 Å². The van der Waals surface area contributed by atoms with Crippen molar-refractivity contribution in [1.29, 1.82) is 0 Å². The predicted octanol–water partition coefficient (Wildman–Crippen LogP) is 2.94. The average molecular weight is 337 g/mol. The van der Waals surface area contributed by atoms with Gasteiger partial charge in [-0.1, -0.05) is 6.07 Å². The van der Waals surface area contributed by atoms with E-state index in [1.54, 1.807) is 0 Å². The predicted molar refractivity (Wildman–Crippen MR) is 61.1 cm³/mol. The largest absolute Gasteiger partial charge is 0.322 e. The molecule has 2 rings (SSSR count). The van der Waals surface area contributed by atoms with Gasteiger partial charge < -0.3 is 4.57 Å². The van der Waals surface area contributed by atoms with E-state index in [0.717, 1.165) is 15.8 Å². The molecule has 1 aromatic heterocycles. The summed E-state index contributed by atoms with van der Waals surface area (Å²) in [5.41, 5.74) is 2.22. The molecule has 0 N–H and O–H groups in total. The van der Waals surface area contributed by atoms with Crippen LogP contribution in [0.15, 0.2) is 22.9 Å². The van der Waals surface area contributed by atoms with Gasteiger partial charge in [0.1, 0.15) is 5.52 Å². The second-order valence-corrected chi connectivity index (χ2v) is 4.42. The summed E-state index contributed by atoms with van der Waals surface area (Å²) in [6.45, 7) is 0. The third-order valence-corrected chi connectivity index (χ3v) is 3.39. The number of nitrogens with zero attached hydrogens (tertiary/aromatic N) is 2. The molecular formula is C8H6BrIN2. The Labute approximate surface area is 92.2 Å². The highest BCUT2D eigenvalue weighted by molar-refractivity contribution is 14.1. The van der Waals surface area contributed by atoms with Crippen LogP contribution in [-0.4, -0.2) is 9.55 Å². The molecule has 0 radical (unpaired) electrons. The first-order valence-corrected chi connectivity index (χ1v) is 5.34. The Kier molecular flexibility index (Phi) is 2.12. The van der Waals surface area contributed by atoms with E-state index >= 15 is 0 Å². The molecule has 0 fully saturated rings. The van der Waals surface area contributed by atoms with E-state index in [1.165, 1.54) is 3.57 Å². The molecule has 0 spiro atoms.